The summed E-state index contributed by atoms with van der Waals surface area (Å²) in [6, 6.07) is 5.09. The molecule has 0 amide bonds. The zero-order valence-corrected chi connectivity index (χ0v) is 14.0. The summed E-state index contributed by atoms with van der Waals surface area (Å²) >= 11 is 1.64. The lowest BCUT2D eigenvalue weighted by atomic mass is 9.98. The summed E-state index contributed by atoms with van der Waals surface area (Å²) in [7, 11) is 0. The zero-order chi connectivity index (χ0) is 16.6. The van der Waals surface area contributed by atoms with Crippen LogP contribution in [0.4, 0.5) is 0 Å². The molecule has 6 heteroatoms. The molecule has 5 nitrogen and oxygen atoms in total. The Kier molecular flexibility index (Phi) is 3.77. The molecule has 0 aliphatic rings. The fourth-order valence-corrected chi connectivity index (χ4v) is 3.00. The van der Waals surface area contributed by atoms with Crippen molar-refractivity contribution in [1.82, 2.24) is 14.5 Å². The first-order valence-electron chi connectivity index (χ1n) is 7.19. The van der Waals surface area contributed by atoms with Gasteiger partial charge in [-0.15, -0.1) is 11.3 Å². The number of pyridine rings is 2. The van der Waals surface area contributed by atoms with Gasteiger partial charge >= 0.3 is 0 Å². The van der Waals surface area contributed by atoms with Gasteiger partial charge in [-0.25, -0.2) is 9.97 Å². The molecule has 0 aliphatic heterocycles. The third-order valence-electron chi connectivity index (χ3n) is 3.35. The van der Waals surface area contributed by atoms with Crippen LogP contribution in [0.1, 0.15) is 25.8 Å². The van der Waals surface area contributed by atoms with Crippen molar-refractivity contribution in [2.24, 2.45) is 0 Å². The number of hydrogen-bond acceptors (Lipinski definition) is 5. The molecule has 3 heterocycles. The van der Waals surface area contributed by atoms with E-state index in [0.29, 0.717) is 5.82 Å². The highest BCUT2D eigenvalue weighted by molar-refractivity contribution is 7.10. The molecule has 1 N–H and O–H groups in total. The normalized spacial score (nSPS) is 11.6. The lowest BCUT2D eigenvalue weighted by Crippen LogP contribution is -2.10. The summed E-state index contributed by atoms with van der Waals surface area (Å²) in [6.07, 6.45) is 4.63. The molecule has 0 atom stereocenters. The quantitative estimate of drug-likeness (QED) is 0.783. The Balaban J connectivity index is 2.01. The van der Waals surface area contributed by atoms with Gasteiger partial charge in [-0.05, 0) is 12.1 Å². The molecule has 0 aliphatic carbocycles. The molecule has 3 rings (SSSR count). The van der Waals surface area contributed by atoms with Crippen LogP contribution in [0.3, 0.4) is 0 Å². The van der Waals surface area contributed by atoms with Crippen molar-refractivity contribution in [2.75, 3.05) is 0 Å². The largest absolute Gasteiger partial charge is 0.503 e. The maximum atomic E-state index is 11.3. The summed E-state index contributed by atoms with van der Waals surface area (Å²) in [5.41, 5.74) is 1.45. The molecule has 0 fully saturated rings. The first-order chi connectivity index (χ1) is 10.8. The number of aromatic hydroxyl groups is 1. The Morgan fingerprint density at radius 1 is 1.26 bits per heavy atom. The Labute approximate surface area is 137 Å². The second-order valence-corrected chi connectivity index (χ2v) is 7.15. The van der Waals surface area contributed by atoms with Gasteiger partial charge in [0.25, 0.3) is 0 Å². The van der Waals surface area contributed by atoms with E-state index in [1.165, 1.54) is 12.3 Å². The molecule has 0 saturated carbocycles. The highest BCUT2D eigenvalue weighted by atomic mass is 32.1. The van der Waals surface area contributed by atoms with E-state index in [-0.39, 0.29) is 11.2 Å². The summed E-state index contributed by atoms with van der Waals surface area (Å²) in [4.78, 5) is 20.3. The van der Waals surface area contributed by atoms with E-state index in [9.17, 15) is 9.90 Å². The van der Waals surface area contributed by atoms with Gasteiger partial charge in [-0.2, -0.15) is 0 Å². The van der Waals surface area contributed by atoms with E-state index >= 15 is 0 Å². The van der Waals surface area contributed by atoms with Crippen molar-refractivity contribution in [2.45, 2.75) is 26.2 Å². The molecular weight excluding hydrogens is 310 g/mol. The number of rotatable bonds is 2. The Hall–Kier alpha value is -2.47. The van der Waals surface area contributed by atoms with Gasteiger partial charge in [0.2, 0.25) is 5.43 Å². The molecule has 3 aromatic heterocycles. The van der Waals surface area contributed by atoms with Gasteiger partial charge in [-0.1, -0.05) is 20.8 Å². The second-order valence-electron chi connectivity index (χ2n) is 6.29. The minimum atomic E-state index is -0.410. The van der Waals surface area contributed by atoms with Gasteiger partial charge in [0.05, 0.1) is 16.9 Å². The highest BCUT2D eigenvalue weighted by Gasteiger charge is 2.18. The number of hydrogen-bond donors (Lipinski definition) is 1. The minimum Gasteiger partial charge on any atom is -0.503 e. The monoisotopic (exact) mass is 327 g/mol. The third kappa shape index (κ3) is 3.17. The van der Waals surface area contributed by atoms with Gasteiger partial charge in [0.1, 0.15) is 5.82 Å². The molecule has 0 spiro atoms. The standard InChI is InChI=1S/C17H17N3O2S/c1-17(2,3)16-19-12(10-23-16)11-4-6-18-15(8-11)20-7-5-13(21)14(22)9-20/h4-10,22H,1-3H3. The molecule has 0 saturated heterocycles. The summed E-state index contributed by atoms with van der Waals surface area (Å²) < 4.78 is 1.61. The van der Waals surface area contributed by atoms with Crippen LogP contribution in [-0.4, -0.2) is 19.6 Å². The van der Waals surface area contributed by atoms with Crippen LogP contribution in [-0.2, 0) is 5.41 Å². The lowest BCUT2D eigenvalue weighted by molar-refractivity contribution is 0.465. The fourth-order valence-electron chi connectivity index (χ4n) is 2.08. The average Bonchev–Trinajstić information content (AvgIpc) is 3.00. The lowest BCUT2D eigenvalue weighted by Gasteiger charge is -2.13. The highest BCUT2D eigenvalue weighted by Crippen LogP contribution is 2.30. The van der Waals surface area contributed by atoms with E-state index in [1.807, 2.05) is 17.5 Å². The van der Waals surface area contributed by atoms with E-state index < -0.39 is 5.43 Å². The average molecular weight is 327 g/mol. The molecule has 0 bridgehead atoms. The maximum Gasteiger partial charge on any atom is 0.223 e. The number of nitrogens with zero attached hydrogens (tertiary/aromatic N) is 3. The first kappa shape index (κ1) is 15.4. The van der Waals surface area contributed by atoms with Crippen LogP contribution in [0.25, 0.3) is 17.1 Å². The molecule has 0 aromatic carbocycles. The predicted molar refractivity (Wildman–Crippen MR) is 91.3 cm³/mol. The smallest absolute Gasteiger partial charge is 0.223 e. The predicted octanol–water partition coefficient (Wildman–Crippen LogP) is 3.36. The van der Waals surface area contributed by atoms with Crippen LogP contribution in [0.2, 0.25) is 0 Å². The van der Waals surface area contributed by atoms with Gasteiger partial charge < -0.3 is 9.67 Å². The van der Waals surface area contributed by atoms with E-state index in [4.69, 9.17) is 4.98 Å². The van der Waals surface area contributed by atoms with Crippen molar-refractivity contribution in [3.05, 3.63) is 57.4 Å². The summed E-state index contributed by atoms with van der Waals surface area (Å²) in [5, 5.41) is 12.7. The van der Waals surface area contributed by atoms with Crippen molar-refractivity contribution >= 4 is 11.3 Å². The minimum absolute atomic E-state index is 0.0171. The fraction of sp³-hybridized carbons (Fsp3) is 0.235. The van der Waals surface area contributed by atoms with Crippen LogP contribution in [0.15, 0.2) is 47.0 Å². The second kappa shape index (κ2) is 5.62. The topological polar surface area (TPSA) is 68.0 Å². The van der Waals surface area contributed by atoms with Crippen LogP contribution >= 0.6 is 11.3 Å². The summed E-state index contributed by atoms with van der Waals surface area (Å²) in [6.45, 7) is 6.41. The van der Waals surface area contributed by atoms with E-state index in [0.717, 1.165) is 16.3 Å². The van der Waals surface area contributed by atoms with Crippen LogP contribution in [0.5, 0.6) is 5.75 Å². The Morgan fingerprint density at radius 3 is 2.70 bits per heavy atom. The van der Waals surface area contributed by atoms with Crippen LogP contribution in [0, 0.1) is 0 Å². The van der Waals surface area contributed by atoms with Crippen molar-refractivity contribution in [1.29, 1.82) is 0 Å². The van der Waals surface area contributed by atoms with Gasteiger partial charge in [-0.3, -0.25) is 4.79 Å². The molecule has 0 unspecified atom stereocenters. The maximum absolute atomic E-state index is 11.3. The molecular formula is C17H17N3O2S. The van der Waals surface area contributed by atoms with Gasteiger partial charge in [0.15, 0.2) is 5.75 Å². The Morgan fingerprint density at radius 2 is 2.04 bits per heavy atom. The van der Waals surface area contributed by atoms with E-state index in [2.05, 4.69) is 25.8 Å². The first-order valence-corrected chi connectivity index (χ1v) is 8.06. The molecule has 118 valence electrons. The molecule has 23 heavy (non-hydrogen) atoms. The SMILES string of the molecule is CC(C)(C)c1nc(-c2ccnc(-n3ccc(=O)c(O)c3)c2)cs1. The van der Waals surface area contributed by atoms with Crippen molar-refractivity contribution < 1.29 is 5.11 Å². The summed E-state index contributed by atoms with van der Waals surface area (Å²) in [5.74, 6) is 0.312. The molecule has 3 aromatic rings. The van der Waals surface area contributed by atoms with Crippen LogP contribution < -0.4 is 5.43 Å². The Bertz CT molecular complexity index is 906. The molecule has 0 radical (unpaired) electrons. The third-order valence-corrected chi connectivity index (χ3v) is 4.62. The van der Waals surface area contributed by atoms with Crippen molar-refractivity contribution in [3.63, 3.8) is 0 Å². The number of aromatic nitrogens is 3. The van der Waals surface area contributed by atoms with Crippen molar-refractivity contribution in [3.8, 4) is 22.8 Å². The zero-order valence-electron chi connectivity index (χ0n) is 13.1. The number of thiazole rings is 1. The van der Waals surface area contributed by atoms with E-state index in [1.54, 1.807) is 28.3 Å². The van der Waals surface area contributed by atoms with Gasteiger partial charge in [0, 0.05) is 34.8 Å².